The molecule has 2 heterocycles. The van der Waals surface area contributed by atoms with Gasteiger partial charge in [0, 0.05) is 11.0 Å². The number of amides is 3. The lowest BCUT2D eigenvalue weighted by Gasteiger charge is -2.14. The van der Waals surface area contributed by atoms with Gasteiger partial charge in [-0.15, -0.1) is 0 Å². The van der Waals surface area contributed by atoms with Crippen molar-refractivity contribution < 1.29 is 19.1 Å². The van der Waals surface area contributed by atoms with E-state index in [1.165, 1.54) is 0 Å². The molecule has 4 rings (SSSR count). The Bertz CT molecular complexity index is 914. The van der Waals surface area contributed by atoms with Gasteiger partial charge < -0.3 is 14.8 Å². The number of fused-ring (bicyclic) bond motifs is 2. The molecule has 1 aromatic carbocycles. The summed E-state index contributed by atoms with van der Waals surface area (Å²) in [5.74, 6) is 2.12. The van der Waals surface area contributed by atoms with Gasteiger partial charge in [-0.2, -0.15) is 0 Å². The molecule has 1 spiro atoms. The summed E-state index contributed by atoms with van der Waals surface area (Å²) >= 11 is 0. The van der Waals surface area contributed by atoms with Crippen LogP contribution in [0.4, 0.5) is 4.79 Å². The number of carbonyl (C=O) groups excluding carboxylic acids is 2. The van der Waals surface area contributed by atoms with E-state index in [1.54, 1.807) is 12.2 Å². The van der Waals surface area contributed by atoms with E-state index in [0.29, 0.717) is 18.8 Å². The monoisotopic (exact) mass is 381 g/mol. The van der Waals surface area contributed by atoms with Crippen LogP contribution in [0.2, 0.25) is 0 Å². The number of hydrogen-bond donors (Lipinski definition) is 1. The molecule has 3 amide bonds. The Morgan fingerprint density at radius 3 is 2.86 bits per heavy atom. The normalized spacial score (nSPS) is 22.8. The first kappa shape index (κ1) is 18.3. The van der Waals surface area contributed by atoms with Gasteiger partial charge in [0.25, 0.3) is 5.91 Å². The number of carbonyl (C=O) groups is 2. The van der Waals surface area contributed by atoms with E-state index in [-0.39, 0.29) is 17.1 Å². The molecular formula is C21H23N3O4. The van der Waals surface area contributed by atoms with Crippen molar-refractivity contribution in [1.29, 1.82) is 0 Å². The summed E-state index contributed by atoms with van der Waals surface area (Å²) in [4.78, 5) is 29.3. The van der Waals surface area contributed by atoms with E-state index >= 15 is 0 Å². The summed E-state index contributed by atoms with van der Waals surface area (Å²) in [5, 5.41) is 2.63. The summed E-state index contributed by atoms with van der Waals surface area (Å²) in [6.45, 7) is 7.84. The van der Waals surface area contributed by atoms with E-state index in [2.05, 4.69) is 17.0 Å². The molecule has 28 heavy (non-hydrogen) atoms. The van der Waals surface area contributed by atoms with Crippen molar-refractivity contribution in [3.63, 3.8) is 0 Å². The lowest BCUT2D eigenvalue weighted by atomic mass is 9.97. The minimum absolute atomic E-state index is 0.102. The Balaban J connectivity index is 1.55. The Morgan fingerprint density at radius 2 is 2.21 bits per heavy atom. The fourth-order valence-corrected chi connectivity index (χ4v) is 3.69. The summed E-state index contributed by atoms with van der Waals surface area (Å²) < 4.78 is 11.9. The molecule has 7 heteroatoms. The van der Waals surface area contributed by atoms with Crippen LogP contribution >= 0.6 is 0 Å². The van der Waals surface area contributed by atoms with Crippen LogP contribution in [0, 0.1) is 0 Å². The maximum atomic E-state index is 12.3. The molecule has 2 fully saturated rings. The molecule has 0 unspecified atom stereocenters. The second-order valence-corrected chi connectivity index (χ2v) is 7.34. The SMILES string of the molecule is C=N/C(=C\C=C(/C)Oc1cccc2c1C1(CC1)CO2)N1C(=O)N[C@H](CC)C1=O. The second kappa shape index (κ2) is 6.82. The zero-order chi connectivity index (χ0) is 19.9. The van der Waals surface area contributed by atoms with Gasteiger partial charge in [-0.05, 0) is 57.2 Å². The Kier molecular flexibility index (Phi) is 4.45. The van der Waals surface area contributed by atoms with Crippen molar-refractivity contribution in [2.45, 2.75) is 44.6 Å². The van der Waals surface area contributed by atoms with Gasteiger partial charge in [0.2, 0.25) is 0 Å². The topological polar surface area (TPSA) is 80.2 Å². The number of rotatable bonds is 6. The highest BCUT2D eigenvalue weighted by Gasteiger charge is 2.52. The third-order valence-corrected chi connectivity index (χ3v) is 5.43. The highest BCUT2D eigenvalue weighted by molar-refractivity contribution is 6.05. The lowest BCUT2D eigenvalue weighted by Crippen LogP contribution is -2.30. The average molecular weight is 381 g/mol. The van der Waals surface area contributed by atoms with Gasteiger partial charge in [-0.3, -0.25) is 4.79 Å². The van der Waals surface area contributed by atoms with Gasteiger partial charge in [0.05, 0.1) is 6.61 Å². The number of hydrogen-bond acceptors (Lipinski definition) is 5. The number of allylic oxidation sites excluding steroid dienone is 3. The summed E-state index contributed by atoms with van der Waals surface area (Å²) in [6, 6.07) is 4.80. The number of ether oxygens (including phenoxy) is 2. The number of imide groups is 1. The molecular weight excluding hydrogens is 358 g/mol. The zero-order valence-corrected chi connectivity index (χ0v) is 16.0. The first-order valence-electron chi connectivity index (χ1n) is 9.43. The van der Waals surface area contributed by atoms with Crippen molar-refractivity contribution in [3.8, 4) is 11.5 Å². The number of aliphatic imine (C=N–C) groups is 1. The molecule has 0 bridgehead atoms. The second-order valence-electron chi connectivity index (χ2n) is 7.34. The van der Waals surface area contributed by atoms with Crippen LogP contribution in [-0.4, -0.2) is 36.2 Å². The minimum atomic E-state index is -0.527. The highest BCUT2D eigenvalue weighted by Crippen LogP contribution is 2.58. The quantitative estimate of drug-likeness (QED) is 0.355. The molecule has 146 valence electrons. The molecule has 3 aliphatic rings. The van der Waals surface area contributed by atoms with E-state index in [9.17, 15) is 9.59 Å². The highest BCUT2D eigenvalue weighted by atomic mass is 16.5. The van der Waals surface area contributed by atoms with Crippen molar-refractivity contribution in [3.05, 3.63) is 47.5 Å². The van der Waals surface area contributed by atoms with E-state index < -0.39 is 12.1 Å². The van der Waals surface area contributed by atoms with Crippen molar-refractivity contribution in [1.82, 2.24) is 10.2 Å². The van der Waals surface area contributed by atoms with Crippen LogP contribution in [-0.2, 0) is 10.2 Å². The molecule has 0 radical (unpaired) electrons. The van der Waals surface area contributed by atoms with Gasteiger partial charge in [0.1, 0.15) is 29.1 Å². The summed E-state index contributed by atoms with van der Waals surface area (Å²) in [7, 11) is 0. The Morgan fingerprint density at radius 1 is 1.43 bits per heavy atom. The molecule has 1 N–H and O–H groups in total. The number of benzene rings is 1. The number of nitrogens with one attached hydrogen (secondary N) is 1. The third kappa shape index (κ3) is 2.96. The van der Waals surface area contributed by atoms with Gasteiger partial charge in [0.15, 0.2) is 0 Å². The molecule has 1 saturated heterocycles. The van der Waals surface area contributed by atoms with Gasteiger partial charge >= 0.3 is 6.03 Å². The molecule has 2 aliphatic heterocycles. The Hall–Kier alpha value is -3.09. The smallest absolute Gasteiger partial charge is 0.330 e. The van der Waals surface area contributed by atoms with E-state index in [4.69, 9.17) is 9.47 Å². The van der Waals surface area contributed by atoms with Crippen LogP contribution in [0.5, 0.6) is 11.5 Å². The van der Waals surface area contributed by atoms with Crippen LogP contribution in [0.1, 0.15) is 38.7 Å². The molecule has 1 atom stereocenters. The number of nitrogens with zero attached hydrogens (tertiary/aromatic N) is 2. The van der Waals surface area contributed by atoms with Crippen LogP contribution < -0.4 is 14.8 Å². The van der Waals surface area contributed by atoms with Gasteiger partial charge in [-0.25, -0.2) is 14.7 Å². The predicted molar refractivity (Wildman–Crippen MR) is 104 cm³/mol. The Labute approximate surface area is 163 Å². The fourth-order valence-electron chi connectivity index (χ4n) is 3.69. The minimum Gasteiger partial charge on any atom is -0.492 e. The summed E-state index contributed by atoms with van der Waals surface area (Å²) in [6.07, 6.45) is 5.98. The molecule has 1 saturated carbocycles. The first-order valence-corrected chi connectivity index (χ1v) is 9.43. The number of urea groups is 1. The van der Waals surface area contributed by atoms with E-state index in [0.717, 1.165) is 34.8 Å². The maximum Gasteiger partial charge on any atom is 0.330 e. The molecule has 1 aromatic rings. The molecule has 0 aromatic heterocycles. The standard InChI is InChI=1S/C21H23N3O4/c1-4-14-19(25)24(20(26)23-14)17(22-3)9-8-13(2)28-16-7-5-6-15-18(16)21(10-11-21)12-27-15/h5-9,14H,3-4,10-12H2,1-2H3,(H,23,26)/b13-8+,17-9+/t14-/m1/s1. The lowest BCUT2D eigenvalue weighted by molar-refractivity contribution is -0.126. The third-order valence-electron chi connectivity index (χ3n) is 5.43. The van der Waals surface area contributed by atoms with Crippen LogP contribution in [0.15, 0.2) is 46.9 Å². The predicted octanol–water partition coefficient (Wildman–Crippen LogP) is 3.27. The van der Waals surface area contributed by atoms with Crippen molar-refractivity contribution in [2.24, 2.45) is 4.99 Å². The maximum absolute atomic E-state index is 12.3. The van der Waals surface area contributed by atoms with Crippen LogP contribution in [0.25, 0.3) is 0 Å². The fraction of sp³-hybridized carbons (Fsp3) is 0.381. The van der Waals surface area contributed by atoms with Gasteiger partial charge in [-0.1, -0.05) is 13.0 Å². The largest absolute Gasteiger partial charge is 0.492 e. The summed E-state index contributed by atoms with van der Waals surface area (Å²) in [5.41, 5.74) is 1.24. The average Bonchev–Trinajstić information content (AvgIpc) is 3.29. The molecule has 1 aliphatic carbocycles. The van der Waals surface area contributed by atoms with Crippen LogP contribution in [0.3, 0.4) is 0 Å². The zero-order valence-electron chi connectivity index (χ0n) is 16.0. The first-order chi connectivity index (χ1) is 13.5. The molecule has 7 nitrogen and oxygen atoms in total. The van der Waals surface area contributed by atoms with E-state index in [1.807, 2.05) is 32.0 Å². The van der Waals surface area contributed by atoms with Crippen molar-refractivity contribution in [2.75, 3.05) is 6.61 Å². The van der Waals surface area contributed by atoms with Crippen molar-refractivity contribution >= 4 is 18.7 Å².